The molecule has 1 aliphatic rings. The summed E-state index contributed by atoms with van der Waals surface area (Å²) in [7, 11) is -3.27. The number of aromatic nitrogens is 1. The van der Waals surface area contributed by atoms with Crippen molar-refractivity contribution in [3.63, 3.8) is 0 Å². The summed E-state index contributed by atoms with van der Waals surface area (Å²) < 4.78 is 23.4. The molecule has 15 heavy (non-hydrogen) atoms. The molecule has 0 aliphatic heterocycles. The average Bonchev–Trinajstić information content (AvgIpc) is 2.63. The molecule has 0 saturated carbocycles. The highest BCUT2D eigenvalue weighted by Gasteiger charge is 2.19. The van der Waals surface area contributed by atoms with E-state index >= 15 is 0 Å². The first kappa shape index (κ1) is 10.9. The fraction of sp³-hybridized carbons (Fsp3) is 0.500. The number of hydrogen-bond acceptors (Lipinski definition) is 3. The van der Waals surface area contributed by atoms with Gasteiger partial charge in [0.1, 0.15) is 0 Å². The maximum atomic E-state index is 11.7. The van der Waals surface area contributed by atoms with Gasteiger partial charge in [0.05, 0.1) is 5.75 Å². The quantitative estimate of drug-likeness (QED) is 0.760. The molecule has 0 saturated heterocycles. The van der Waals surface area contributed by atoms with Crippen molar-refractivity contribution in [3.8, 4) is 0 Å². The topological polar surface area (TPSA) is 47.0 Å². The van der Waals surface area contributed by atoms with Crippen LogP contribution in [0.1, 0.15) is 17.7 Å². The zero-order valence-electron chi connectivity index (χ0n) is 8.24. The van der Waals surface area contributed by atoms with Gasteiger partial charge in [-0.3, -0.25) is 0 Å². The Balaban J connectivity index is 2.38. The lowest BCUT2D eigenvalue weighted by atomic mass is 10.2. The van der Waals surface area contributed by atoms with Crippen LogP contribution in [0.15, 0.2) is 17.2 Å². The predicted molar refractivity (Wildman–Crippen MR) is 59.0 cm³/mol. The molecule has 0 amide bonds. The number of sulfone groups is 1. The van der Waals surface area contributed by atoms with Gasteiger partial charge in [-0.1, -0.05) is 6.07 Å². The Morgan fingerprint density at radius 2 is 2.13 bits per heavy atom. The van der Waals surface area contributed by atoms with E-state index in [1.165, 1.54) is 5.56 Å². The number of hydrogen-bond donors (Lipinski definition) is 0. The lowest BCUT2D eigenvalue weighted by Gasteiger charge is -2.03. The summed E-state index contributed by atoms with van der Waals surface area (Å²) in [6, 6.07) is 3.46. The first-order chi connectivity index (χ1) is 7.13. The van der Waals surface area contributed by atoms with E-state index in [9.17, 15) is 8.42 Å². The monoisotopic (exact) mass is 245 g/mol. The van der Waals surface area contributed by atoms with Gasteiger partial charge in [0.15, 0.2) is 14.9 Å². The minimum atomic E-state index is -3.27. The van der Waals surface area contributed by atoms with Crippen molar-refractivity contribution in [1.29, 1.82) is 0 Å². The smallest absolute Gasteiger partial charge is 0.196 e. The Bertz CT molecular complexity index is 470. The normalized spacial score (nSPS) is 15.3. The lowest BCUT2D eigenvalue weighted by molar-refractivity contribution is 0.593. The van der Waals surface area contributed by atoms with Crippen molar-refractivity contribution in [2.45, 2.75) is 24.3 Å². The number of rotatable bonds is 3. The molecular formula is C10H12ClNO2S. The Morgan fingerprint density at radius 1 is 1.33 bits per heavy atom. The molecule has 1 aromatic heterocycles. The van der Waals surface area contributed by atoms with Crippen molar-refractivity contribution in [2.24, 2.45) is 0 Å². The zero-order chi connectivity index (χ0) is 10.9. The van der Waals surface area contributed by atoms with Gasteiger partial charge in [-0.25, -0.2) is 13.4 Å². The summed E-state index contributed by atoms with van der Waals surface area (Å²) in [6.07, 6.45) is 2.97. The fourth-order valence-corrected chi connectivity index (χ4v) is 3.33. The van der Waals surface area contributed by atoms with Crippen LogP contribution in [-0.2, 0) is 22.7 Å². The van der Waals surface area contributed by atoms with Crippen LogP contribution in [0, 0.1) is 0 Å². The van der Waals surface area contributed by atoms with Crippen LogP contribution in [-0.4, -0.2) is 25.0 Å². The van der Waals surface area contributed by atoms with E-state index in [0.29, 0.717) is 0 Å². The third-order valence-corrected chi connectivity index (χ3v) is 4.59. The Labute approximate surface area is 94.4 Å². The molecule has 0 N–H and O–H groups in total. The SMILES string of the molecule is O=S(=O)(CCCl)c1ccc2c(n1)CCC2. The second-order valence-corrected chi connectivity index (χ2v) is 6.05. The van der Waals surface area contributed by atoms with E-state index in [0.717, 1.165) is 25.0 Å². The molecule has 0 aromatic carbocycles. The average molecular weight is 246 g/mol. The van der Waals surface area contributed by atoms with Gasteiger partial charge in [-0.15, -0.1) is 11.6 Å². The third kappa shape index (κ3) is 2.16. The molecular weight excluding hydrogens is 234 g/mol. The minimum Gasteiger partial charge on any atom is -0.241 e. The Morgan fingerprint density at radius 3 is 2.87 bits per heavy atom. The highest BCUT2D eigenvalue weighted by Crippen LogP contribution is 2.21. The van der Waals surface area contributed by atoms with Crippen LogP contribution in [0.3, 0.4) is 0 Å². The van der Waals surface area contributed by atoms with E-state index in [1.54, 1.807) is 6.07 Å². The van der Waals surface area contributed by atoms with Gasteiger partial charge >= 0.3 is 0 Å². The highest BCUT2D eigenvalue weighted by molar-refractivity contribution is 7.91. The van der Waals surface area contributed by atoms with E-state index < -0.39 is 9.84 Å². The third-order valence-electron chi connectivity index (χ3n) is 2.57. The summed E-state index contributed by atoms with van der Waals surface area (Å²) in [5.74, 6) is 0.0709. The first-order valence-corrected chi connectivity index (χ1v) is 7.10. The van der Waals surface area contributed by atoms with Crippen LogP contribution < -0.4 is 0 Å². The van der Waals surface area contributed by atoms with Gasteiger partial charge < -0.3 is 0 Å². The summed E-state index contributed by atoms with van der Waals surface area (Å²) in [5.41, 5.74) is 2.12. The Kier molecular flexibility index (Phi) is 2.98. The first-order valence-electron chi connectivity index (χ1n) is 4.91. The molecule has 2 rings (SSSR count). The Hall–Kier alpha value is -0.610. The van der Waals surface area contributed by atoms with Crippen molar-refractivity contribution in [1.82, 2.24) is 4.98 Å². The van der Waals surface area contributed by atoms with Crippen LogP contribution in [0.4, 0.5) is 0 Å². The second-order valence-electron chi connectivity index (χ2n) is 3.62. The van der Waals surface area contributed by atoms with E-state index in [1.807, 2.05) is 6.07 Å². The molecule has 0 radical (unpaired) electrons. The van der Waals surface area contributed by atoms with Crippen molar-refractivity contribution < 1.29 is 8.42 Å². The second kappa shape index (κ2) is 4.10. The van der Waals surface area contributed by atoms with Crippen LogP contribution >= 0.6 is 11.6 Å². The minimum absolute atomic E-state index is 0.0413. The molecule has 0 unspecified atom stereocenters. The lowest BCUT2D eigenvalue weighted by Crippen LogP contribution is -2.10. The van der Waals surface area contributed by atoms with E-state index in [2.05, 4.69) is 4.98 Å². The number of nitrogens with zero attached hydrogens (tertiary/aromatic N) is 1. The fourth-order valence-electron chi connectivity index (χ4n) is 1.78. The van der Waals surface area contributed by atoms with Crippen LogP contribution in [0.5, 0.6) is 0 Å². The van der Waals surface area contributed by atoms with Crippen molar-refractivity contribution >= 4 is 21.4 Å². The number of halogens is 1. The number of pyridine rings is 1. The highest BCUT2D eigenvalue weighted by atomic mass is 35.5. The molecule has 1 heterocycles. The van der Waals surface area contributed by atoms with E-state index in [4.69, 9.17) is 11.6 Å². The standard InChI is InChI=1S/C10H12ClNO2S/c11-6-7-15(13,14)10-5-4-8-2-1-3-9(8)12-10/h4-5H,1-3,6-7H2. The van der Waals surface area contributed by atoms with Crippen molar-refractivity contribution in [2.75, 3.05) is 11.6 Å². The van der Waals surface area contributed by atoms with Gasteiger partial charge in [0.25, 0.3) is 0 Å². The van der Waals surface area contributed by atoms with Gasteiger partial charge in [-0.2, -0.15) is 0 Å². The largest absolute Gasteiger partial charge is 0.241 e. The molecule has 82 valence electrons. The van der Waals surface area contributed by atoms with E-state index in [-0.39, 0.29) is 16.7 Å². The summed E-state index contributed by atoms with van der Waals surface area (Å²) in [4.78, 5) is 4.20. The molecule has 0 atom stereocenters. The number of fused-ring (bicyclic) bond motifs is 1. The summed E-state index contributed by atoms with van der Waals surface area (Å²) in [5, 5.41) is 0.170. The molecule has 5 heteroatoms. The van der Waals surface area contributed by atoms with Crippen LogP contribution in [0.25, 0.3) is 0 Å². The van der Waals surface area contributed by atoms with Crippen molar-refractivity contribution in [3.05, 3.63) is 23.4 Å². The zero-order valence-corrected chi connectivity index (χ0v) is 9.81. The van der Waals surface area contributed by atoms with Crippen LogP contribution in [0.2, 0.25) is 0 Å². The molecule has 3 nitrogen and oxygen atoms in total. The molecule has 0 spiro atoms. The van der Waals surface area contributed by atoms with Gasteiger partial charge in [0.2, 0.25) is 0 Å². The number of aryl methyl sites for hydroxylation is 2. The maximum absolute atomic E-state index is 11.7. The molecule has 1 aliphatic carbocycles. The summed E-state index contributed by atoms with van der Waals surface area (Å²) >= 11 is 5.45. The maximum Gasteiger partial charge on any atom is 0.196 e. The number of alkyl halides is 1. The molecule has 1 aromatic rings. The van der Waals surface area contributed by atoms with Gasteiger partial charge in [0, 0.05) is 11.6 Å². The summed E-state index contributed by atoms with van der Waals surface area (Å²) in [6.45, 7) is 0. The van der Waals surface area contributed by atoms with Gasteiger partial charge in [-0.05, 0) is 30.9 Å². The predicted octanol–water partition coefficient (Wildman–Crippen LogP) is 1.58. The molecule has 0 bridgehead atoms. The molecule has 0 fully saturated rings.